The molecule has 3 aromatic carbocycles. The van der Waals surface area contributed by atoms with Crippen LogP contribution in [0, 0.1) is 6.92 Å². The summed E-state index contributed by atoms with van der Waals surface area (Å²) in [5.74, 6) is 0.433. The smallest absolute Gasteiger partial charge is 0.0673 e. The van der Waals surface area contributed by atoms with Crippen LogP contribution in [0.5, 0.6) is 0 Å². The zero-order chi connectivity index (χ0) is 23.1. The molecule has 0 heteroatoms. The van der Waals surface area contributed by atoms with E-state index in [1.54, 1.807) is 5.57 Å². The van der Waals surface area contributed by atoms with Crippen LogP contribution in [0.2, 0.25) is 0 Å². The Morgan fingerprint density at radius 3 is 2.50 bits per heavy atom. The van der Waals surface area contributed by atoms with Crippen LogP contribution in [-0.2, 0) is 11.8 Å². The van der Waals surface area contributed by atoms with E-state index in [9.17, 15) is 0 Å². The quantitative estimate of drug-likeness (QED) is 0.381. The highest BCUT2D eigenvalue weighted by atomic mass is 14.5. The zero-order valence-corrected chi connectivity index (χ0v) is 20.2. The van der Waals surface area contributed by atoms with Crippen molar-refractivity contribution in [2.24, 2.45) is 0 Å². The molecule has 0 amide bonds. The van der Waals surface area contributed by atoms with Crippen molar-refractivity contribution in [2.75, 3.05) is 0 Å². The predicted octanol–water partition coefficient (Wildman–Crippen LogP) is 8.54. The van der Waals surface area contributed by atoms with Gasteiger partial charge in [-0.15, -0.1) is 0 Å². The van der Waals surface area contributed by atoms with Crippen molar-refractivity contribution in [1.82, 2.24) is 0 Å². The number of aryl methyl sites for hydroxylation is 2. The lowest BCUT2D eigenvalue weighted by Crippen LogP contribution is -2.31. The fourth-order valence-electron chi connectivity index (χ4n) is 6.60. The van der Waals surface area contributed by atoms with Crippen LogP contribution in [-0.4, -0.2) is 0 Å². The van der Waals surface area contributed by atoms with Gasteiger partial charge in [0, 0.05) is 5.92 Å². The summed E-state index contributed by atoms with van der Waals surface area (Å²) < 4.78 is 0. The number of hydrogen-bond acceptors (Lipinski definition) is 0. The van der Waals surface area contributed by atoms with E-state index in [1.165, 1.54) is 44.5 Å². The van der Waals surface area contributed by atoms with Crippen LogP contribution in [0.3, 0.4) is 0 Å². The Bertz CT molecular complexity index is 1360. The summed E-state index contributed by atoms with van der Waals surface area (Å²) in [7, 11) is 0. The molecule has 0 heterocycles. The molecule has 0 nitrogen and oxygen atoms in total. The normalized spacial score (nSPS) is 23.3. The standard InChI is InChI=1S/C34H32/c1-3-25-13-7-8-17-29(25)26-20-21-33-31(23-26)30-18-9-10-19-32(30)34(33,27-14-5-4-6-15-27)28-16-11-12-24(2)22-28/h4-9,11-18,21-23,26H,3,10,19-20H2,1-2H3. The number of allylic oxidation sites excluding steroid dienone is 8. The molecule has 0 spiro atoms. The van der Waals surface area contributed by atoms with Crippen LogP contribution in [0.25, 0.3) is 0 Å². The highest BCUT2D eigenvalue weighted by Gasteiger charge is 2.50. The van der Waals surface area contributed by atoms with E-state index in [0.717, 1.165) is 25.7 Å². The van der Waals surface area contributed by atoms with Gasteiger partial charge in [-0.2, -0.15) is 0 Å². The molecule has 3 aliphatic rings. The molecule has 34 heavy (non-hydrogen) atoms. The van der Waals surface area contributed by atoms with Crippen LogP contribution < -0.4 is 0 Å². The second-order valence-corrected chi connectivity index (χ2v) is 9.91. The van der Waals surface area contributed by atoms with Gasteiger partial charge in [0.2, 0.25) is 0 Å². The average molecular weight is 441 g/mol. The number of rotatable bonds is 4. The maximum atomic E-state index is 2.59. The van der Waals surface area contributed by atoms with Gasteiger partial charge < -0.3 is 0 Å². The van der Waals surface area contributed by atoms with E-state index < -0.39 is 0 Å². The molecule has 2 atom stereocenters. The Balaban J connectivity index is 1.61. The molecule has 0 aliphatic heterocycles. The topological polar surface area (TPSA) is 0 Å². The summed E-state index contributed by atoms with van der Waals surface area (Å²) in [6.45, 7) is 4.49. The fourth-order valence-corrected chi connectivity index (χ4v) is 6.60. The van der Waals surface area contributed by atoms with Gasteiger partial charge in [-0.25, -0.2) is 0 Å². The van der Waals surface area contributed by atoms with Crippen molar-refractivity contribution >= 4 is 0 Å². The SMILES string of the molecule is CCc1ccccc1C1C=C2C(=CC1)C(c1ccccc1)(c1cccc(C)c1)C1=C2C=CCC1. The number of fused-ring (bicyclic) bond motifs is 2. The van der Waals surface area contributed by atoms with Gasteiger partial charge in [0.25, 0.3) is 0 Å². The molecule has 0 saturated heterocycles. The Labute approximate surface area is 204 Å². The first-order valence-electron chi connectivity index (χ1n) is 12.8. The second-order valence-electron chi connectivity index (χ2n) is 9.91. The largest absolute Gasteiger partial charge is 0.0836 e. The summed E-state index contributed by atoms with van der Waals surface area (Å²) in [6.07, 6.45) is 14.3. The molecule has 3 aliphatic carbocycles. The maximum absolute atomic E-state index is 2.59. The molecule has 0 saturated carbocycles. The molecule has 6 rings (SSSR count). The van der Waals surface area contributed by atoms with Crippen molar-refractivity contribution in [1.29, 1.82) is 0 Å². The molecule has 0 bridgehead atoms. The summed E-state index contributed by atoms with van der Waals surface area (Å²) in [6, 6.07) is 29.5. The first kappa shape index (κ1) is 21.2. The molecule has 0 N–H and O–H groups in total. The molecule has 168 valence electrons. The van der Waals surface area contributed by atoms with Crippen molar-refractivity contribution in [2.45, 2.75) is 50.9 Å². The third kappa shape index (κ3) is 3.12. The lowest BCUT2D eigenvalue weighted by atomic mass is 9.64. The van der Waals surface area contributed by atoms with Gasteiger partial charge in [0.05, 0.1) is 5.41 Å². The second kappa shape index (κ2) is 8.44. The van der Waals surface area contributed by atoms with Gasteiger partial charge in [-0.3, -0.25) is 0 Å². The lowest BCUT2D eigenvalue weighted by Gasteiger charge is -2.38. The van der Waals surface area contributed by atoms with Gasteiger partial charge in [-0.05, 0) is 77.2 Å². The van der Waals surface area contributed by atoms with Crippen molar-refractivity contribution in [3.63, 3.8) is 0 Å². The maximum Gasteiger partial charge on any atom is 0.0673 e. The summed E-state index contributed by atoms with van der Waals surface area (Å²) >= 11 is 0. The van der Waals surface area contributed by atoms with Crippen LogP contribution in [0.1, 0.15) is 59.9 Å². The first-order valence-corrected chi connectivity index (χ1v) is 12.8. The van der Waals surface area contributed by atoms with Gasteiger partial charge in [0.1, 0.15) is 0 Å². The average Bonchev–Trinajstić information content (AvgIpc) is 3.20. The molecule has 0 fully saturated rings. The fraction of sp³-hybridized carbons (Fsp3) is 0.235. The van der Waals surface area contributed by atoms with E-state index in [2.05, 4.69) is 117 Å². The predicted molar refractivity (Wildman–Crippen MR) is 143 cm³/mol. The number of benzene rings is 3. The minimum absolute atomic E-state index is 0.200. The minimum Gasteiger partial charge on any atom is -0.0836 e. The summed E-state index contributed by atoms with van der Waals surface area (Å²) in [5.41, 5.74) is 12.9. The monoisotopic (exact) mass is 440 g/mol. The zero-order valence-electron chi connectivity index (χ0n) is 20.2. The molecule has 3 aromatic rings. The minimum atomic E-state index is -0.200. The van der Waals surface area contributed by atoms with E-state index in [-0.39, 0.29) is 5.41 Å². The Morgan fingerprint density at radius 1 is 0.882 bits per heavy atom. The van der Waals surface area contributed by atoms with Crippen LogP contribution in [0.15, 0.2) is 125 Å². The van der Waals surface area contributed by atoms with E-state index in [0.29, 0.717) is 5.92 Å². The highest BCUT2D eigenvalue weighted by Crippen LogP contribution is 2.60. The summed E-state index contributed by atoms with van der Waals surface area (Å²) in [5, 5.41) is 0. The van der Waals surface area contributed by atoms with E-state index in [4.69, 9.17) is 0 Å². The Kier molecular flexibility index (Phi) is 5.26. The van der Waals surface area contributed by atoms with E-state index >= 15 is 0 Å². The Morgan fingerprint density at radius 2 is 1.68 bits per heavy atom. The van der Waals surface area contributed by atoms with Crippen molar-refractivity contribution in [3.05, 3.63) is 153 Å². The van der Waals surface area contributed by atoms with Gasteiger partial charge in [0.15, 0.2) is 0 Å². The van der Waals surface area contributed by atoms with Crippen molar-refractivity contribution < 1.29 is 0 Å². The highest BCUT2D eigenvalue weighted by molar-refractivity contribution is 5.77. The van der Waals surface area contributed by atoms with Crippen LogP contribution >= 0.6 is 0 Å². The molecular formula is C34H32. The number of hydrogen-bond donors (Lipinski definition) is 0. The van der Waals surface area contributed by atoms with E-state index in [1.807, 2.05) is 0 Å². The third-order valence-electron chi connectivity index (χ3n) is 8.04. The molecule has 0 aromatic heterocycles. The van der Waals surface area contributed by atoms with Crippen LogP contribution in [0.4, 0.5) is 0 Å². The molecular weight excluding hydrogens is 408 g/mol. The van der Waals surface area contributed by atoms with Crippen molar-refractivity contribution in [3.8, 4) is 0 Å². The first-order chi connectivity index (χ1) is 16.7. The third-order valence-corrected chi connectivity index (χ3v) is 8.04. The molecule has 2 unspecified atom stereocenters. The van der Waals surface area contributed by atoms with Gasteiger partial charge >= 0.3 is 0 Å². The van der Waals surface area contributed by atoms with Gasteiger partial charge in [-0.1, -0.05) is 116 Å². The summed E-state index contributed by atoms with van der Waals surface area (Å²) in [4.78, 5) is 0. The Hall–Kier alpha value is -3.38. The lowest BCUT2D eigenvalue weighted by molar-refractivity contribution is 0.679. The molecule has 0 radical (unpaired) electrons.